The number of amides is 1. The van der Waals surface area contributed by atoms with Crippen LogP contribution in [-0.2, 0) is 20.4 Å². The molecule has 0 heterocycles. The summed E-state index contributed by atoms with van der Waals surface area (Å²) in [6.07, 6.45) is 1.66. The Labute approximate surface area is 166 Å². The lowest BCUT2D eigenvalue weighted by Crippen LogP contribution is -2.48. The monoisotopic (exact) mass is 456 g/mol. The zero-order valence-corrected chi connectivity index (χ0v) is 17.2. The first-order valence-electron chi connectivity index (χ1n) is 8.08. The first-order chi connectivity index (χ1) is 12.2. The van der Waals surface area contributed by atoms with Crippen molar-refractivity contribution < 1.29 is 13.2 Å². The third-order valence-corrected chi connectivity index (χ3v) is 6.70. The Balaban J connectivity index is 1.68. The van der Waals surface area contributed by atoms with Gasteiger partial charge in [0.15, 0.2) is 0 Å². The van der Waals surface area contributed by atoms with E-state index >= 15 is 0 Å². The van der Waals surface area contributed by atoms with E-state index in [1.165, 1.54) is 31.2 Å². The number of benzene rings is 2. The topological polar surface area (TPSA) is 75.3 Å². The Morgan fingerprint density at radius 2 is 1.69 bits per heavy atom. The molecule has 3 rings (SSSR count). The van der Waals surface area contributed by atoms with E-state index in [9.17, 15) is 13.2 Å². The summed E-state index contributed by atoms with van der Waals surface area (Å²) in [6.45, 7) is 1.53. The van der Waals surface area contributed by atoms with Gasteiger partial charge >= 0.3 is 0 Å². The van der Waals surface area contributed by atoms with E-state index in [2.05, 4.69) is 26.0 Å². The summed E-state index contributed by atoms with van der Waals surface area (Å²) in [6, 6.07) is 12.7. The van der Waals surface area contributed by atoms with Crippen molar-refractivity contribution in [3.8, 4) is 0 Å². The Hall–Kier alpha value is -1.41. The van der Waals surface area contributed by atoms with Gasteiger partial charge in [-0.3, -0.25) is 4.79 Å². The quantitative estimate of drug-likeness (QED) is 0.696. The smallest absolute Gasteiger partial charge is 0.241 e. The van der Waals surface area contributed by atoms with Gasteiger partial charge in [-0.25, -0.2) is 8.42 Å². The Kier molecular flexibility index (Phi) is 5.44. The molecule has 0 saturated heterocycles. The highest BCUT2D eigenvalue weighted by atomic mass is 79.9. The Morgan fingerprint density at radius 3 is 2.23 bits per heavy atom. The van der Waals surface area contributed by atoms with E-state index in [1.54, 1.807) is 0 Å². The van der Waals surface area contributed by atoms with E-state index < -0.39 is 21.6 Å². The van der Waals surface area contributed by atoms with Crippen molar-refractivity contribution in [3.05, 3.63) is 63.6 Å². The second-order valence-electron chi connectivity index (χ2n) is 6.38. The zero-order chi connectivity index (χ0) is 18.9. The lowest BCUT2D eigenvalue weighted by molar-refractivity contribution is -0.123. The fraction of sp³-hybridized carbons (Fsp3) is 0.278. The van der Waals surface area contributed by atoms with Gasteiger partial charge < -0.3 is 5.32 Å². The van der Waals surface area contributed by atoms with Crippen LogP contribution in [0.25, 0.3) is 0 Å². The zero-order valence-electron chi connectivity index (χ0n) is 14.0. The predicted octanol–water partition coefficient (Wildman–Crippen LogP) is 3.57. The summed E-state index contributed by atoms with van der Waals surface area (Å²) >= 11 is 9.18. The van der Waals surface area contributed by atoms with Crippen LogP contribution in [0.5, 0.6) is 0 Å². The molecule has 1 amide bonds. The summed E-state index contributed by atoms with van der Waals surface area (Å²) in [4.78, 5) is 12.6. The molecule has 0 aromatic heterocycles. The fourth-order valence-corrected chi connectivity index (χ4v) is 4.29. The van der Waals surface area contributed by atoms with Crippen LogP contribution >= 0.6 is 27.5 Å². The van der Waals surface area contributed by atoms with Crippen LogP contribution < -0.4 is 10.0 Å². The van der Waals surface area contributed by atoms with Gasteiger partial charge in [0.25, 0.3) is 0 Å². The molecule has 1 saturated carbocycles. The summed E-state index contributed by atoms with van der Waals surface area (Å²) in [5, 5.41) is 3.43. The lowest BCUT2D eigenvalue weighted by Gasteiger charge is -2.21. The number of rotatable bonds is 6. The van der Waals surface area contributed by atoms with Gasteiger partial charge in [0.1, 0.15) is 0 Å². The molecule has 2 aromatic carbocycles. The second kappa shape index (κ2) is 7.31. The maximum atomic E-state index is 12.5. The molecular formula is C18H18BrClN2O3S. The highest BCUT2D eigenvalue weighted by Gasteiger charge is 2.46. The van der Waals surface area contributed by atoms with Crippen molar-refractivity contribution in [2.75, 3.05) is 0 Å². The third kappa shape index (κ3) is 4.28. The first kappa shape index (κ1) is 19.4. The van der Waals surface area contributed by atoms with Crippen molar-refractivity contribution in [1.29, 1.82) is 0 Å². The molecule has 0 radical (unpaired) electrons. The van der Waals surface area contributed by atoms with E-state index in [0.29, 0.717) is 5.02 Å². The predicted molar refractivity (Wildman–Crippen MR) is 104 cm³/mol. The van der Waals surface area contributed by atoms with Crippen molar-refractivity contribution in [1.82, 2.24) is 10.0 Å². The highest BCUT2D eigenvalue weighted by molar-refractivity contribution is 9.10. The van der Waals surface area contributed by atoms with Crippen molar-refractivity contribution >= 4 is 43.5 Å². The first-order valence-corrected chi connectivity index (χ1v) is 10.7. The van der Waals surface area contributed by atoms with Gasteiger partial charge in [0.05, 0.1) is 16.5 Å². The second-order valence-corrected chi connectivity index (χ2v) is 9.44. The van der Waals surface area contributed by atoms with Crippen LogP contribution in [0.2, 0.25) is 5.02 Å². The number of nitrogens with one attached hydrogen (secondary N) is 2. The van der Waals surface area contributed by atoms with Crippen LogP contribution in [0, 0.1) is 0 Å². The maximum Gasteiger partial charge on any atom is 0.241 e. The van der Waals surface area contributed by atoms with Crippen molar-refractivity contribution in [2.24, 2.45) is 0 Å². The molecule has 1 aliphatic carbocycles. The molecule has 1 atom stereocenters. The molecule has 0 spiro atoms. The van der Waals surface area contributed by atoms with E-state index in [4.69, 9.17) is 11.6 Å². The molecule has 1 aliphatic rings. The van der Waals surface area contributed by atoms with Gasteiger partial charge in [-0.05, 0) is 61.7 Å². The van der Waals surface area contributed by atoms with Crippen LogP contribution in [-0.4, -0.2) is 20.4 Å². The highest BCUT2D eigenvalue weighted by Crippen LogP contribution is 2.45. The number of halogens is 2. The average Bonchev–Trinajstić information content (AvgIpc) is 3.36. The summed E-state index contributed by atoms with van der Waals surface area (Å²) < 4.78 is 28.2. The minimum Gasteiger partial charge on any atom is -0.345 e. The number of carbonyl (C=O) groups is 1. The van der Waals surface area contributed by atoms with Gasteiger partial charge in [-0.15, -0.1) is 0 Å². The molecule has 0 unspecified atom stereocenters. The fourth-order valence-electron chi connectivity index (χ4n) is 2.69. The standard InChI is InChI=1S/C18H18BrClN2O3S/c1-12(22-26(24,25)16-8-6-15(20)7-9-16)17(23)21-18(10-11-18)13-2-4-14(19)5-3-13/h2-9,12,22H,10-11H2,1H3,(H,21,23)/t12-/m0/s1. The largest absolute Gasteiger partial charge is 0.345 e. The number of carbonyl (C=O) groups excluding carboxylic acids is 1. The summed E-state index contributed by atoms with van der Waals surface area (Å²) in [5.41, 5.74) is 0.611. The molecule has 0 bridgehead atoms. The van der Waals surface area contributed by atoms with Crippen LogP contribution in [0.15, 0.2) is 57.9 Å². The molecule has 5 nitrogen and oxygen atoms in total. The molecule has 0 aliphatic heterocycles. The normalized spacial score (nSPS) is 16.7. The third-order valence-electron chi connectivity index (χ3n) is 4.36. The van der Waals surface area contributed by atoms with Gasteiger partial charge in [-0.2, -0.15) is 4.72 Å². The maximum absolute atomic E-state index is 12.5. The summed E-state index contributed by atoms with van der Waals surface area (Å²) in [5.74, 6) is -0.358. The van der Waals surface area contributed by atoms with Crippen molar-refractivity contribution in [2.45, 2.75) is 36.2 Å². The van der Waals surface area contributed by atoms with Gasteiger partial charge in [0.2, 0.25) is 15.9 Å². The lowest BCUT2D eigenvalue weighted by atomic mass is 10.0. The minimum absolute atomic E-state index is 0.0654. The van der Waals surface area contributed by atoms with Crippen molar-refractivity contribution in [3.63, 3.8) is 0 Å². The van der Waals surface area contributed by atoms with Gasteiger partial charge in [0, 0.05) is 9.50 Å². The van der Waals surface area contributed by atoms with Gasteiger partial charge in [-0.1, -0.05) is 39.7 Å². The van der Waals surface area contributed by atoms with E-state index in [1.807, 2.05) is 24.3 Å². The average molecular weight is 458 g/mol. The Bertz CT molecular complexity index is 910. The minimum atomic E-state index is -3.80. The molecule has 26 heavy (non-hydrogen) atoms. The molecular weight excluding hydrogens is 440 g/mol. The molecule has 2 aromatic rings. The van der Waals surface area contributed by atoms with E-state index in [0.717, 1.165) is 22.9 Å². The molecule has 1 fully saturated rings. The summed E-state index contributed by atoms with van der Waals surface area (Å²) in [7, 11) is -3.80. The van der Waals surface area contributed by atoms with E-state index in [-0.39, 0.29) is 10.8 Å². The molecule has 138 valence electrons. The SMILES string of the molecule is C[C@H](NS(=O)(=O)c1ccc(Cl)cc1)C(=O)NC1(c2ccc(Br)cc2)CC1. The number of sulfonamides is 1. The molecule has 8 heteroatoms. The Morgan fingerprint density at radius 1 is 1.12 bits per heavy atom. The van der Waals surface area contributed by atoms with Crippen LogP contribution in [0.4, 0.5) is 0 Å². The van der Waals surface area contributed by atoms with Crippen LogP contribution in [0.1, 0.15) is 25.3 Å². The molecule has 2 N–H and O–H groups in total. The number of hydrogen-bond donors (Lipinski definition) is 2. The van der Waals surface area contributed by atoms with Crippen LogP contribution in [0.3, 0.4) is 0 Å². The number of hydrogen-bond acceptors (Lipinski definition) is 3.